The molecule has 0 saturated heterocycles. The minimum Gasteiger partial charge on any atom is -0.491 e. The van der Waals surface area contributed by atoms with Gasteiger partial charge < -0.3 is 25.8 Å². The molecule has 4 rings (SSSR count). The molecule has 0 bridgehead atoms. The first kappa shape index (κ1) is 34.6. The number of hydrogen-bond acceptors (Lipinski definition) is 8. The molecule has 3 amide bonds. The van der Waals surface area contributed by atoms with E-state index in [2.05, 4.69) is 30.9 Å². The molecule has 2 heterocycles. The summed E-state index contributed by atoms with van der Waals surface area (Å²) in [6.07, 6.45) is 1.93. The van der Waals surface area contributed by atoms with E-state index in [0.29, 0.717) is 56.4 Å². The first-order chi connectivity index (χ1) is 22.2. The minimum atomic E-state index is -0.793. The Morgan fingerprint density at radius 2 is 1.70 bits per heavy atom. The summed E-state index contributed by atoms with van der Waals surface area (Å²) in [5.74, 6) is 0.962. The molecule has 4 N–H and O–H groups in total. The summed E-state index contributed by atoms with van der Waals surface area (Å²) < 4.78 is 7.04. The van der Waals surface area contributed by atoms with Crippen LogP contribution >= 0.6 is 0 Å². The van der Waals surface area contributed by atoms with E-state index in [4.69, 9.17) is 9.84 Å². The molecule has 0 aliphatic carbocycles. The van der Waals surface area contributed by atoms with Gasteiger partial charge >= 0.3 is 0 Å². The second-order valence-corrected chi connectivity index (χ2v) is 12.0. The van der Waals surface area contributed by atoms with Crippen LogP contribution in [0.3, 0.4) is 0 Å². The second kappa shape index (κ2) is 17.4. The molecule has 2 aromatic carbocycles. The van der Waals surface area contributed by atoms with Crippen LogP contribution in [0, 0.1) is 12.8 Å². The van der Waals surface area contributed by atoms with Gasteiger partial charge in [0.05, 0.1) is 12.6 Å². The lowest BCUT2D eigenvalue weighted by Gasteiger charge is -2.26. The van der Waals surface area contributed by atoms with Crippen molar-refractivity contribution in [1.82, 2.24) is 35.6 Å². The third kappa shape index (κ3) is 10.7. The molecule has 248 valence electrons. The van der Waals surface area contributed by atoms with Gasteiger partial charge in [-0.3, -0.25) is 19.3 Å². The predicted molar refractivity (Wildman–Crippen MR) is 174 cm³/mol. The molecule has 1 aromatic heterocycles. The van der Waals surface area contributed by atoms with Crippen LogP contribution in [0.1, 0.15) is 61.9 Å². The smallest absolute Gasteiger partial charge is 0.243 e. The van der Waals surface area contributed by atoms with Gasteiger partial charge in [-0.2, -0.15) is 5.10 Å². The summed E-state index contributed by atoms with van der Waals surface area (Å²) in [5.41, 5.74) is 2.01. The van der Waals surface area contributed by atoms with Crippen molar-refractivity contribution >= 4 is 17.7 Å². The first-order valence-electron chi connectivity index (χ1n) is 16.1. The lowest BCUT2D eigenvalue weighted by atomic mass is 10.0. The SMILES string of the molecule is Cc1nc2n(n1)CC(=O)NCCCN(Cc1ccc(OCCO)cc1)CCCC(=O)N[C@H](Cc1ccccc1)C(=O)N[C@H]2C(C)C. The molecular weight excluding hydrogens is 586 g/mol. The van der Waals surface area contributed by atoms with E-state index in [-0.39, 0.29) is 49.8 Å². The van der Waals surface area contributed by atoms with Gasteiger partial charge in [-0.15, -0.1) is 0 Å². The van der Waals surface area contributed by atoms with Gasteiger partial charge in [-0.05, 0) is 55.5 Å². The second-order valence-electron chi connectivity index (χ2n) is 12.0. The highest BCUT2D eigenvalue weighted by molar-refractivity contribution is 5.88. The van der Waals surface area contributed by atoms with Crippen LogP contribution in [0.25, 0.3) is 0 Å². The summed E-state index contributed by atoms with van der Waals surface area (Å²) in [7, 11) is 0. The molecule has 12 nitrogen and oxygen atoms in total. The van der Waals surface area contributed by atoms with Crippen LogP contribution < -0.4 is 20.7 Å². The fourth-order valence-electron chi connectivity index (χ4n) is 5.50. The number of carbonyl (C=O) groups excluding carboxylic acids is 3. The van der Waals surface area contributed by atoms with Gasteiger partial charge in [0.1, 0.15) is 30.8 Å². The monoisotopic (exact) mass is 633 g/mol. The number of ether oxygens (including phenoxy) is 1. The zero-order valence-corrected chi connectivity index (χ0v) is 27.1. The van der Waals surface area contributed by atoms with Crippen molar-refractivity contribution in [2.24, 2.45) is 5.92 Å². The summed E-state index contributed by atoms with van der Waals surface area (Å²) in [4.78, 5) is 46.9. The Balaban J connectivity index is 1.54. The topological polar surface area (TPSA) is 151 Å². The van der Waals surface area contributed by atoms with E-state index in [0.717, 1.165) is 17.5 Å². The molecule has 0 saturated carbocycles. The van der Waals surface area contributed by atoms with E-state index < -0.39 is 12.1 Å². The van der Waals surface area contributed by atoms with Gasteiger partial charge in [-0.25, -0.2) is 9.67 Å². The number of benzene rings is 2. The molecule has 2 atom stereocenters. The van der Waals surface area contributed by atoms with E-state index in [1.165, 1.54) is 0 Å². The van der Waals surface area contributed by atoms with E-state index in [1.807, 2.05) is 68.4 Å². The molecule has 0 radical (unpaired) electrons. The maximum Gasteiger partial charge on any atom is 0.243 e. The Morgan fingerprint density at radius 1 is 0.957 bits per heavy atom. The standard InChI is InChI=1S/C34H47N7O5/c1-24(2)32-33-36-25(3)39-41(33)23-31(44)35-16-8-18-40(22-27-12-14-28(15-13-27)46-20-19-42)17-7-11-30(43)37-29(34(45)38-32)21-26-9-5-4-6-10-26/h4-6,9-10,12-15,24,29,32,42H,7-8,11,16-23H2,1-3H3,(H,35,44)(H,37,43)(H,38,45)/t29-,32+/m1/s1. The predicted octanol–water partition coefficient (Wildman–Crippen LogP) is 2.30. The number of rotatable bonds is 8. The lowest BCUT2D eigenvalue weighted by Crippen LogP contribution is -2.50. The summed E-state index contributed by atoms with van der Waals surface area (Å²) in [6.45, 7) is 8.40. The number of aromatic nitrogens is 3. The third-order valence-corrected chi connectivity index (χ3v) is 7.82. The molecule has 12 heteroatoms. The van der Waals surface area contributed by atoms with Crippen molar-refractivity contribution in [3.63, 3.8) is 0 Å². The van der Waals surface area contributed by atoms with E-state index in [1.54, 1.807) is 11.6 Å². The number of nitrogens with zero attached hydrogens (tertiary/aromatic N) is 4. The fraction of sp³-hybridized carbons (Fsp3) is 0.500. The molecule has 46 heavy (non-hydrogen) atoms. The number of nitrogens with one attached hydrogen (secondary N) is 3. The molecule has 0 spiro atoms. The Kier molecular flexibility index (Phi) is 13.1. The van der Waals surface area contributed by atoms with Crippen molar-refractivity contribution < 1.29 is 24.2 Å². The highest BCUT2D eigenvalue weighted by Gasteiger charge is 2.29. The lowest BCUT2D eigenvalue weighted by molar-refractivity contribution is -0.129. The number of hydrogen-bond donors (Lipinski definition) is 4. The normalized spacial score (nSPS) is 19.4. The molecule has 1 aliphatic rings. The largest absolute Gasteiger partial charge is 0.491 e. The van der Waals surface area contributed by atoms with Crippen LogP contribution in [-0.4, -0.2) is 81.4 Å². The fourth-order valence-corrected chi connectivity index (χ4v) is 5.50. The van der Waals surface area contributed by atoms with Gasteiger partial charge in [0.2, 0.25) is 17.7 Å². The maximum absolute atomic E-state index is 13.8. The highest BCUT2D eigenvalue weighted by atomic mass is 16.5. The Hall–Kier alpha value is -4.29. The molecule has 0 fully saturated rings. The van der Waals surface area contributed by atoms with Crippen molar-refractivity contribution in [2.75, 3.05) is 32.8 Å². The van der Waals surface area contributed by atoms with E-state index in [9.17, 15) is 14.4 Å². The third-order valence-electron chi connectivity index (χ3n) is 7.82. The first-order valence-corrected chi connectivity index (χ1v) is 16.1. The van der Waals surface area contributed by atoms with Gasteiger partial charge in [-0.1, -0.05) is 56.3 Å². The van der Waals surface area contributed by atoms with Crippen LogP contribution in [0.2, 0.25) is 0 Å². The summed E-state index contributed by atoms with van der Waals surface area (Å²) in [6, 6.07) is 16.0. The van der Waals surface area contributed by atoms with E-state index >= 15 is 0 Å². The highest BCUT2D eigenvalue weighted by Crippen LogP contribution is 2.21. The number of amides is 3. The van der Waals surface area contributed by atoms with Gasteiger partial charge in [0.25, 0.3) is 0 Å². The van der Waals surface area contributed by atoms with Crippen LogP contribution in [0.15, 0.2) is 54.6 Å². The average Bonchev–Trinajstić information content (AvgIpc) is 3.39. The Labute approximate surface area is 270 Å². The summed E-state index contributed by atoms with van der Waals surface area (Å²) >= 11 is 0. The Bertz CT molecular complexity index is 1410. The number of aliphatic hydroxyl groups excluding tert-OH is 1. The molecule has 0 unspecified atom stereocenters. The van der Waals surface area contributed by atoms with Crippen LogP contribution in [0.4, 0.5) is 0 Å². The van der Waals surface area contributed by atoms with Crippen LogP contribution in [0.5, 0.6) is 5.75 Å². The number of aliphatic hydroxyl groups is 1. The van der Waals surface area contributed by atoms with Gasteiger partial charge in [0.15, 0.2) is 5.82 Å². The van der Waals surface area contributed by atoms with Crippen molar-refractivity contribution in [1.29, 1.82) is 0 Å². The molecule has 1 aliphatic heterocycles. The van der Waals surface area contributed by atoms with Crippen molar-refractivity contribution in [3.05, 3.63) is 77.4 Å². The summed E-state index contributed by atoms with van der Waals surface area (Å²) in [5, 5.41) is 22.6. The van der Waals surface area contributed by atoms with Gasteiger partial charge in [0, 0.05) is 32.5 Å². The van der Waals surface area contributed by atoms with Crippen molar-refractivity contribution in [2.45, 2.75) is 71.6 Å². The minimum absolute atomic E-state index is 0.0200. The number of aryl methyl sites for hydroxylation is 1. The maximum atomic E-state index is 13.8. The zero-order chi connectivity index (χ0) is 32.9. The number of carbonyl (C=O) groups is 3. The molecule has 3 aromatic rings. The van der Waals surface area contributed by atoms with Crippen LogP contribution in [-0.2, 0) is 33.9 Å². The average molecular weight is 634 g/mol. The number of fused-ring (bicyclic) bond motifs is 1. The Morgan fingerprint density at radius 3 is 2.41 bits per heavy atom. The molecular formula is C34H47N7O5. The van der Waals surface area contributed by atoms with Crippen molar-refractivity contribution in [3.8, 4) is 5.75 Å². The quantitative estimate of drug-likeness (QED) is 0.295. The zero-order valence-electron chi connectivity index (χ0n) is 27.1.